The lowest BCUT2D eigenvalue weighted by Gasteiger charge is -2.06. The number of rotatable bonds is 5. The molecule has 5 nitrogen and oxygen atoms in total. The minimum atomic E-state index is -3.51. The van der Waals surface area contributed by atoms with Crippen molar-refractivity contribution in [3.8, 4) is 0 Å². The molecule has 0 bridgehead atoms. The smallest absolute Gasteiger partial charge is 0.240 e. The average Bonchev–Trinajstić information content (AvgIpc) is 2.85. The first-order valence-electron chi connectivity index (χ1n) is 5.43. The monoisotopic (exact) mass is 266 g/mol. The highest BCUT2D eigenvalue weighted by Crippen LogP contribution is 2.12. The number of nitrogens with two attached hydrogens (primary N) is 1. The lowest BCUT2D eigenvalue weighted by atomic mass is 10.2. The van der Waals surface area contributed by atoms with Crippen molar-refractivity contribution in [2.75, 3.05) is 0 Å². The van der Waals surface area contributed by atoms with Gasteiger partial charge in [0.25, 0.3) is 0 Å². The number of hydrogen-bond acceptors (Lipinski definition) is 4. The summed E-state index contributed by atoms with van der Waals surface area (Å²) >= 11 is 0. The molecule has 6 heteroatoms. The summed E-state index contributed by atoms with van der Waals surface area (Å²) in [6.07, 6.45) is 1.49. The average molecular weight is 266 g/mol. The Morgan fingerprint density at radius 2 is 1.89 bits per heavy atom. The molecule has 0 fully saturated rings. The first kappa shape index (κ1) is 12.8. The van der Waals surface area contributed by atoms with Gasteiger partial charge in [-0.15, -0.1) is 0 Å². The van der Waals surface area contributed by atoms with Crippen LogP contribution in [0.2, 0.25) is 0 Å². The van der Waals surface area contributed by atoms with Crippen LogP contribution in [0.5, 0.6) is 0 Å². The first-order chi connectivity index (χ1) is 8.63. The highest BCUT2D eigenvalue weighted by Gasteiger charge is 2.14. The van der Waals surface area contributed by atoms with E-state index in [1.165, 1.54) is 18.4 Å². The molecule has 1 aromatic carbocycles. The van der Waals surface area contributed by atoms with Crippen LogP contribution in [0.1, 0.15) is 11.3 Å². The van der Waals surface area contributed by atoms with Crippen molar-refractivity contribution in [3.63, 3.8) is 0 Å². The molecule has 0 saturated carbocycles. The van der Waals surface area contributed by atoms with Gasteiger partial charge >= 0.3 is 0 Å². The van der Waals surface area contributed by atoms with E-state index >= 15 is 0 Å². The molecule has 0 spiro atoms. The molecule has 2 aromatic rings. The van der Waals surface area contributed by atoms with Crippen molar-refractivity contribution >= 4 is 10.0 Å². The quantitative estimate of drug-likeness (QED) is 0.852. The van der Waals surface area contributed by atoms with Gasteiger partial charge in [-0.3, -0.25) is 0 Å². The van der Waals surface area contributed by atoms with Gasteiger partial charge in [0.05, 0.1) is 17.7 Å². The Morgan fingerprint density at radius 3 is 2.56 bits per heavy atom. The van der Waals surface area contributed by atoms with Crippen molar-refractivity contribution in [3.05, 3.63) is 54.0 Å². The number of nitrogens with one attached hydrogen (secondary N) is 1. The Balaban J connectivity index is 2.11. The number of benzene rings is 1. The predicted molar refractivity (Wildman–Crippen MR) is 67.1 cm³/mol. The van der Waals surface area contributed by atoms with E-state index in [9.17, 15) is 8.42 Å². The highest BCUT2D eigenvalue weighted by molar-refractivity contribution is 7.89. The summed E-state index contributed by atoms with van der Waals surface area (Å²) in [6, 6.07) is 9.91. The SMILES string of the molecule is NCc1ccoc1CNS(=O)(=O)c1ccccc1. The third-order valence-corrected chi connectivity index (χ3v) is 3.95. The third kappa shape index (κ3) is 2.79. The number of sulfonamides is 1. The van der Waals surface area contributed by atoms with E-state index in [0.717, 1.165) is 5.56 Å². The second kappa shape index (κ2) is 5.34. The molecule has 0 saturated heterocycles. The summed E-state index contributed by atoms with van der Waals surface area (Å²) in [6.45, 7) is 0.412. The van der Waals surface area contributed by atoms with Crippen LogP contribution in [-0.2, 0) is 23.1 Å². The largest absolute Gasteiger partial charge is 0.468 e. The van der Waals surface area contributed by atoms with E-state index in [4.69, 9.17) is 10.2 Å². The van der Waals surface area contributed by atoms with Crippen molar-refractivity contribution < 1.29 is 12.8 Å². The molecular weight excluding hydrogens is 252 g/mol. The number of hydrogen-bond donors (Lipinski definition) is 2. The zero-order chi connectivity index (χ0) is 13.0. The first-order valence-corrected chi connectivity index (χ1v) is 6.92. The van der Waals surface area contributed by atoms with E-state index < -0.39 is 10.0 Å². The normalized spacial score (nSPS) is 11.6. The van der Waals surface area contributed by atoms with Gasteiger partial charge in [-0.2, -0.15) is 0 Å². The summed E-state index contributed by atoms with van der Waals surface area (Å²) < 4.78 is 31.5. The highest BCUT2D eigenvalue weighted by atomic mass is 32.2. The van der Waals surface area contributed by atoms with Crippen LogP contribution in [0.15, 0.2) is 52.0 Å². The maximum absolute atomic E-state index is 11.9. The van der Waals surface area contributed by atoms with Gasteiger partial charge in [0.2, 0.25) is 10.0 Å². The van der Waals surface area contributed by atoms with Gasteiger partial charge < -0.3 is 10.2 Å². The Morgan fingerprint density at radius 1 is 1.17 bits per heavy atom. The van der Waals surface area contributed by atoms with Gasteiger partial charge in [0.15, 0.2) is 0 Å². The Kier molecular flexibility index (Phi) is 3.81. The molecule has 0 aliphatic carbocycles. The summed E-state index contributed by atoms with van der Waals surface area (Å²) in [5, 5.41) is 0. The Hall–Kier alpha value is -1.63. The standard InChI is InChI=1S/C12H14N2O3S/c13-8-10-6-7-17-12(10)9-14-18(15,16)11-4-2-1-3-5-11/h1-7,14H,8-9,13H2. The fraction of sp³-hybridized carbons (Fsp3) is 0.167. The fourth-order valence-electron chi connectivity index (χ4n) is 1.55. The molecule has 18 heavy (non-hydrogen) atoms. The van der Waals surface area contributed by atoms with E-state index in [0.29, 0.717) is 12.3 Å². The van der Waals surface area contributed by atoms with Crippen molar-refractivity contribution in [2.24, 2.45) is 5.73 Å². The zero-order valence-electron chi connectivity index (χ0n) is 9.67. The summed E-state index contributed by atoms with van der Waals surface area (Å²) in [4.78, 5) is 0.228. The summed E-state index contributed by atoms with van der Waals surface area (Å²) in [7, 11) is -3.51. The molecular formula is C12H14N2O3S. The maximum atomic E-state index is 11.9. The molecule has 0 aliphatic heterocycles. The van der Waals surface area contributed by atoms with Crippen LogP contribution < -0.4 is 10.5 Å². The van der Waals surface area contributed by atoms with Crippen LogP contribution in [-0.4, -0.2) is 8.42 Å². The molecule has 3 N–H and O–H groups in total. The lowest BCUT2D eigenvalue weighted by molar-refractivity contribution is 0.494. The van der Waals surface area contributed by atoms with Crippen LogP contribution in [0, 0.1) is 0 Å². The zero-order valence-corrected chi connectivity index (χ0v) is 10.5. The molecule has 1 aromatic heterocycles. The Labute approximate surface area is 106 Å². The van der Waals surface area contributed by atoms with Crippen molar-refractivity contribution in [1.29, 1.82) is 0 Å². The minimum Gasteiger partial charge on any atom is -0.468 e. The van der Waals surface area contributed by atoms with Crippen molar-refractivity contribution in [2.45, 2.75) is 18.0 Å². The van der Waals surface area contributed by atoms with Crippen LogP contribution in [0.4, 0.5) is 0 Å². The fourth-order valence-corrected chi connectivity index (χ4v) is 2.55. The van der Waals surface area contributed by atoms with E-state index in [1.807, 2.05) is 0 Å². The second-order valence-electron chi connectivity index (χ2n) is 3.71. The molecule has 0 amide bonds. The minimum absolute atomic E-state index is 0.0940. The predicted octanol–water partition coefficient (Wildman–Crippen LogP) is 1.22. The molecule has 0 unspecified atom stereocenters. The van der Waals surface area contributed by atoms with Gasteiger partial charge in [-0.05, 0) is 18.2 Å². The second-order valence-corrected chi connectivity index (χ2v) is 5.48. The lowest BCUT2D eigenvalue weighted by Crippen LogP contribution is -2.23. The molecule has 0 radical (unpaired) electrons. The van der Waals surface area contributed by atoms with Crippen LogP contribution >= 0.6 is 0 Å². The topological polar surface area (TPSA) is 85.3 Å². The van der Waals surface area contributed by atoms with E-state index in [1.54, 1.807) is 24.3 Å². The van der Waals surface area contributed by atoms with Crippen LogP contribution in [0.3, 0.4) is 0 Å². The van der Waals surface area contributed by atoms with Gasteiger partial charge in [0, 0.05) is 12.1 Å². The summed E-state index contributed by atoms with van der Waals surface area (Å²) in [5.74, 6) is 0.539. The van der Waals surface area contributed by atoms with Crippen LogP contribution in [0.25, 0.3) is 0 Å². The summed E-state index contributed by atoms with van der Waals surface area (Å²) in [5.41, 5.74) is 6.31. The van der Waals surface area contributed by atoms with E-state index in [-0.39, 0.29) is 11.4 Å². The molecule has 0 aliphatic rings. The van der Waals surface area contributed by atoms with E-state index in [2.05, 4.69) is 4.72 Å². The Bertz CT molecular complexity index is 605. The molecule has 1 heterocycles. The molecule has 96 valence electrons. The van der Waals surface area contributed by atoms with Gasteiger partial charge in [-0.1, -0.05) is 18.2 Å². The van der Waals surface area contributed by atoms with Crippen molar-refractivity contribution in [1.82, 2.24) is 4.72 Å². The maximum Gasteiger partial charge on any atom is 0.240 e. The van der Waals surface area contributed by atoms with Gasteiger partial charge in [-0.25, -0.2) is 13.1 Å². The third-order valence-electron chi connectivity index (χ3n) is 2.53. The molecule has 0 atom stereocenters. The number of furan rings is 1. The van der Waals surface area contributed by atoms with Gasteiger partial charge in [0.1, 0.15) is 5.76 Å². The molecule has 2 rings (SSSR count).